The van der Waals surface area contributed by atoms with Crippen LogP contribution in [0.15, 0.2) is 22.7 Å². The summed E-state index contributed by atoms with van der Waals surface area (Å²) in [5, 5.41) is 3.44. The summed E-state index contributed by atoms with van der Waals surface area (Å²) in [6.07, 6.45) is 0.766. The van der Waals surface area contributed by atoms with Gasteiger partial charge in [0, 0.05) is 10.0 Å². The minimum Gasteiger partial charge on any atom is -0.312 e. The third-order valence-corrected chi connectivity index (χ3v) is 3.06. The Balaban J connectivity index is 2.53. The first kappa shape index (κ1) is 14.7. The van der Waals surface area contributed by atoms with Crippen LogP contribution in [0.4, 0.5) is 4.39 Å². The standard InChI is InChI=1S/C14H21BrFN/c1-10(9-17-14(2,3)4)7-11-5-6-12(15)8-13(11)16/h5-6,8,10,17H,7,9H2,1-4H3. The molecule has 0 bridgehead atoms. The van der Waals surface area contributed by atoms with E-state index in [4.69, 9.17) is 0 Å². The van der Waals surface area contributed by atoms with Gasteiger partial charge in [-0.1, -0.05) is 28.9 Å². The van der Waals surface area contributed by atoms with Crippen LogP contribution in [0.2, 0.25) is 0 Å². The lowest BCUT2D eigenvalue weighted by atomic mass is 9.99. The second kappa shape index (κ2) is 5.96. The second-order valence-electron chi connectivity index (χ2n) is 5.68. The molecular weight excluding hydrogens is 281 g/mol. The predicted molar refractivity (Wildman–Crippen MR) is 74.7 cm³/mol. The first-order valence-corrected chi connectivity index (χ1v) is 6.76. The van der Waals surface area contributed by atoms with Crippen molar-refractivity contribution in [1.82, 2.24) is 5.32 Å². The Morgan fingerprint density at radius 3 is 2.53 bits per heavy atom. The highest BCUT2D eigenvalue weighted by molar-refractivity contribution is 9.10. The van der Waals surface area contributed by atoms with Gasteiger partial charge in [-0.3, -0.25) is 0 Å². The SMILES string of the molecule is CC(CNC(C)(C)C)Cc1ccc(Br)cc1F. The van der Waals surface area contributed by atoms with Gasteiger partial charge in [0.2, 0.25) is 0 Å². The molecule has 0 aliphatic carbocycles. The second-order valence-corrected chi connectivity index (χ2v) is 6.59. The van der Waals surface area contributed by atoms with Crippen molar-refractivity contribution in [3.8, 4) is 0 Å². The predicted octanol–water partition coefficient (Wildman–Crippen LogP) is 4.15. The molecule has 1 rings (SSSR count). The molecule has 1 nitrogen and oxygen atoms in total. The normalized spacial score (nSPS) is 13.8. The molecular formula is C14H21BrFN. The summed E-state index contributed by atoms with van der Waals surface area (Å²) in [7, 11) is 0. The fourth-order valence-electron chi connectivity index (χ4n) is 1.62. The maximum atomic E-state index is 13.6. The Kier molecular flexibility index (Phi) is 5.14. The van der Waals surface area contributed by atoms with Gasteiger partial charge in [0.05, 0.1) is 0 Å². The van der Waals surface area contributed by atoms with Crippen LogP contribution in [0.1, 0.15) is 33.3 Å². The Bertz CT molecular complexity index is 371. The van der Waals surface area contributed by atoms with Crippen LogP contribution < -0.4 is 5.32 Å². The molecule has 0 aliphatic heterocycles. The zero-order chi connectivity index (χ0) is 13.1. The van der Waals surface area contributed by atoms with Crippen molar-refractivity contribution in [2.45, 2.75) is 39.7 Å². The third-order valence-electron chi connectivity index (χ3n) is 2.56. The fourth-order valence-corrected chi connectivity index (χ4v) is 1.95. The van der Waals surface area contributed by atoms with Crippen LogP contribution in [0.5, 0.6) is 0 Å². The van der Waals surface area contributed by atoms with Crippen molar-refractivity contribution in [1.29, 1.82) is 0 Å². The molecule has 1 atom stereocenters. The Morgan fingerprint density at radius 1 is 1.35 bits per heavy atom. The summed E-state index contributed by atoms with van der Waals surface area (Å²) in [6, 6.07) is 5.27. The van der Waals surface area contributed by atoms with Crippen LogP contribution >= 0.6 is 15.9 Å². The number of nitrogens with one attached hydrogen (secondary N) is 1. The highest BCUT2D eigenvalue weighted by Gasteiger charge is 2.13. The van der Waals surface area contributed by atoms with E-state index in [9.17, 15) is 4.39 Å². The lowest BCUT2D eigenvalue weighted by Gasteiger charge is -2.23. The highest BCUT2D eigenvalue weighted by Crippen LogP contribution is 2.18. The maximum Gasteiger partial charge on any atom is 0.127 e. The third kappa shape index (κ3) is 5.64. The van der Waals surface area contributed by atoms with Crippen LogP contribution in [-0.2, 0) is 6.42 Å². The average Bonchev–Trinajstić information content (AvgIpc) is 2.18. The summed E-state index contributed by atoms with van der Waals surface area (Å²) < 4.78 is 14.4. The smallest absolute Gasteiger partial charge is 0.127 e. The molecule has 0 heterocycles. The van der Waals surface area contributed by atoms with Crippen molar-refractivity contribution < 1.29 is 4.39 Å². The number of rotatable bonds is 4. The lowest BCUT2D eigenvalue weighted by molar-refractivity contribution is 0.379. The van der Waals surface area contributed by atoms with Gasteiger partial charge in [-0.25, -0.2) is 4.39 Å². The van der Waals surface area contributed by atoms with E-state index in [1.807, 2.05) is 12.1 Å². The van der Waals surface area contributed by atoms with E-state index in [-0.39, 0.29) is 11.4 Å². The molecule has 17 heavy (non-hydrogen) atoms. The molecule has 1 aromatic carbocycles. The summed E-state index contributed by atoms with van der Waals surface area (Å²) in [6.45, 7) is 9.46. The van der Waals surface area contributed by atoms with Gasteiger partial charge < -0.3 is 5.32 Å². The molecule has 0 fully saturated rings. The van der Waals surface area contributed by atoms with Crippen molar-refractivity contribution in [2.24, 2.45) is 5.92 Å². The molecule has 1 aromatic rings. The quantitative estimate of drug-likeness (QED) is 0.881. The van der Waals surface area contributed by atoms with Gasteiger partial charge in [-0.2, -0.15) is 0 Å². The molecule has 0 aromatic heterocycles. The number of hydrogen-bond acceptors (Lipinski definition) is 1. The van der Waals surface area contributed by atoms with Crippen LogP contribution in [0, 0.1) is 11.7 Å². The van der Waals surface area contributed by atoms with E-state index in [1.165, 1.54) is 6.07 Å². The molecule has 0 saturated carbocycles. The van der Waals surface area contributed by atoms with E-state index in [0.717, 1.165) is 23.0 Å². The largest absolute Gasteiger partial charge is 0.312 e. The van der Waals surface area contributed by atoms with Gasteiger partial charge in [0.25, 0.3) is 0 Å². The van der Waals surface area contributed by atoms with Gasteiger partial charge in [-0.05, 0) is 57.4 Å². The minimum absolute atomic E-state index is 0.118. The average molecular weight is 302 g/mol. The first-order chi connectivity index (χ1) is 7.78. The van der Waals surface area contributed by atoms with E-state index in [0.29, 0.717) is 5.92 Å². The number of hydrogen-bond donors (Lipinski definition) is 1. The van der Waals surface area contributed by atoms with Crippen LogP contribution in [0.25, 0.3) is 0 Å². The molecule has 1 N–H and O–H groups in total. The van der Waals surface area contributed by atoms with E-state index in [2.05, 4.69) is 48.9 Å². The number of halogens is 2. The van der Waals surface area contributed by atoms with Gasteiger partial charge in [0.1, 0.15) is 5.82 Å². The minimum atomic E-state index is -0.123. The maximum absolute atomic E-state index is 13.6. The molecule has 0 aliphatic rings. The molecule has 3 heteroatoms. The zero-order valence-corrected chi connectivity index (χ0v) is 12.6. The summed E-state index contributed by atoms with van der Waals surface area (Å²) in [4.78, 5) is 0. The molecule has 0 saturated heterocycles. The van der Waals surface area contributed by atoms with Crippen molar-refractivity contribution >= 4 is 15.9 Å². The van der Waals surface area contributed by atoms with E-state index in [1.54, 1.807) is 0 Å². The Morgan fingerprint density at radius 2 is 2.00 bits per heavy atom. The van der Waals surface area contributed by atoms with Gasteiger partial charge in [0.15, 0.2) is 0 Å². The zero-order valence-electron chi connectivity index (χ0n) is 11.0. The van der Waals surface area contributed by atoms with E-state index < -0.39 is 0 Å². The van der Waals surface area contributed by atoms with Crippen molar-refractivity contribution in [3.05, 3.63) is 34.1 Å². The molecule has 96 valence electrons. The Labute approximate surface area is 112 Å². The molecule has 1 unspecified atom stereocenters. The van der Waals surface area contributed by atoms with Gasteiger partial charge >= 0.3 is 0 Å². The van der Waals surface area contributed by atoms with E-state index >= 15 is 0 Å². The molecule has 0 amide bonds. The van der Waals surface area contributed by atoms with Gasteiger partial charge in [-0.15, -0.1) is 0 Å². The lowest BCUT2D eigenvalue weighted by Crippen LogP contribution is -2.39. The monoisotopic (exact) mass is 301 g/mol. The van der Waals surface area contributed by atoms with Crippen LogP contribution in [-0.4, -0.2) is 12.1 Å². The van der Waals surface area contributed by atoms with Crippen molar-refractivity contribution in [3.63, 3.8) is 0 Å². The molecule has 0 spiro atoms. The summed E-state index contributed by atoms with van der Waals surface area (Å²) in [5.74, 6) is 0.298. The first-order valence-electron chi connectivity index (χ1n) is 5.97. The Hall–Kier alpha value is -0.410. The highest BCUT2D eigenvalue weighted by atomic mass is 79.9. The van der Waals surface area contributed by atoms with Crippen molar-refractivity contribution in [2.75, 3.05) is 6.54 Å². The summed E-state index contributed by atoms with van der Waals surface area (Å²) >= 11 is 3.27. The van der Waals surface area contributed by atoms with Crippen LogP contribution in [0.3, 0.4) is 0 Å². The summed E-state index contributed by atoms with van der Waals surface area (Å²) in [5.41, 5.74) is 0.906. The topological polar surface area (TPSA) is 12.0 Å². The number of benzene rings is 1. The fraction of sp³-hybridized carbons (Fsp3) is 0.571. The molecule has 0 radical (unpaired) electrons.